The number of amides is 1. The number of imidazole rings is 1. The molecule has 5 heterocycles. The number of thiophene rings is 1. The van der Waals surface area contributed by atoms with Crippen LogP contribution in [0.1, 0.15) is 23.1 Å². The summed E-state index contributed by atoms with van der Waals surface area (Å²) in [5.41, 5.74) is -0.255. The molecular weight excluding hydrogens is 456 g/mol. The second-order valence-electron chi connectivity index (χ2n) is 7.34. The topological polar surface area (TPSA) is 108 Å². The molecule has 0 bridgehead atoms. The highest BCUT2D eigenvalue weighted by atomic mass is 35.5. The lowest BCUT2D eigenvalue weighted by Crippen LogP contribution is -2.38. The lowest BCUT2D eigenvalue weighted by molar-refractivity contribution is -0.133. The number of hydrazone groups is 1. The van der Waals surface area contributed by atoms with Crippen LogP contribution >= 0.6 is 22.9 Å². The minimum absolute atomic E-state index is 0.0613. The van der Waals surface area contributed by atoms with E-state index in [0.717, 1.165) is 9.44 Å². The Bertz CT molecular complexity index is 1480. The van der Waals surface area contributed by atoms with Gasteiger partial charge >= 0.3 is 5.69 Å². The zero-order valence-electron chi connectivity index (χ0n) is 17.1. The van der Waals surface area contributed by atoms with Gasteiger partial charge in [-0.2, -0.15) is 10.1 Å². The standard InChI is InChI=1S/C20H17ClN6O4S/c1-24-17-16(18(29)25(2)20(24)30)26(19(21)22-17)10-15(28)27-12(14-6-4-8-32-14)9-11(23-27)13-5-3-7-31-13/h3-8,12H,9-10H2,1-2H3. The number of furan rings is 1. The fourth-order valence-electron chi connectivity index (χ4n) is 3.81. The SMILES string of the molecule is Cn1c(=O)c2c(nc(Cl)n2CC(=O)N2N=C(c3ccco3)CC2c2cccs2)n(C)c1=O. The molecule has 0 radical (unpaired) electrons. The monoisotopic (exact) mass is 472 g/mol. The number of nitrogens with zero attached hydrogens (tertiary/aromatic N) is 6. The minimum atomic E-state index is -0.577. The van der Waals surface area contributed by atoms with Crippen molar-refractivity contribution in [3.63, 3.8) is 0 Å². The first-order chi connectivity index (χ1) is 15.4. The van der Waals surface area contributed by atoms with E-state index >= 15 is 0 Å². The molecule has 1 unspecified atom stereocenters. The van der Waals surface area contributed by atoms with E-state index in [0.29, 0.717) is 17.9 Å². The third-order valence-electron chi connectivity index (χ3n) is 5.44. The highest BCUT2D eigenvalue weighted by molar-refractivity contribution is 7.10. The van der Waals surface area contributed by atoms with Gasteiger partial charge in [0.15, 0.2) is 11.2 Å². The second kappa shape index (κ2) is 7.61. The molecule has 32 heavy (non-hydrogen) atoms. The van der Waals surface area contributed by atoms with E-state index in [1.165, 1.54) is 39.6 Å². The predicted molar refractivity (Wildman–Crippen MR) is 119 cm³/mol. The van der Waals surface area contributed by atoms with E-state index < -0.39 is 11.2 Å². The molecule has 0 N–H and O–H groups in total. The summed E-state index contributed by atoms with van der Waals surface area (Å²) in [4.78, 5) is 43.5. The molecule has 1 aliphatic rings. The Kier molecular flexibility index (Phi) is 4.86. The van der Waals surface area contributed by atoms with Crippen molar-refractivity contribution in [2.45, 2.75) is 19.0 Å². The molecule has 0 aromatic carbocycles. The van der Waals surface area contributed by atoms with Gasteiger partial charge in [-0.1, -0.05) is 6.07 Å². The van der Waals surface area contributed by atoms with E-state index in [1.807, 2.05) is 17.5 Å². The largest absolute Gasteiger partial charge is 0.463 e. The summed E-state index contributed by atoms with van der Waals surface area (Å²) in [5, 5.41) is 7.81. The summed E-state index contributed by atoms with van der Waals surface area (Å²) in [7, 11) is 2.86. The van der Waals surface area contributed by atoms with Crippen LogP contribution in [0.3, 0.4) is 0 Å². The van der Waals surface area contributed by atoms with Crippen LogP contribution in [0.15, 0.2) is 55.0 Å². The van der Waals surface area contributed by atoms with Crippen molar-refractivity contribution in [3.05, 3.63) is 72.7 Å². The molecule has 0 spiro atoms. The molecule has 0 fully saturated rings. The molecule has 12 heteroatoms. The molecule has 0 saturated heterocycles. The number of rotatable bonds is 4. The summed E-state index contributed by atoms with van der Waals surface area (Å²) >= 11 is 7.81. The van der Waals surface area contributed by atoms with Gasteiger partial charge in [0.25, 0.3) is 11.5 Å². The van der Waals surface area contributed by atoms with E-state index in [2.05, 4.69) is 10.1 Å². The Balaban J connectivity index is 1.56. The van der Waals surface area contributed by atoms with Gasteiger partial charge in [0.05, 0.1) is 12.3 Å². The Morgan fingerprint density at radius 1 is 1.25 bits per heavy atom. The molecule has 1 atom stereocenters. The third kappa shape index (κ3) is 3.12. The molecule has 10 nitrogen and oxygen atoms in total. The Hall–Kier alpha value is -3.44. The maximum atomic E-state index is 13.4. The molecule has 5 rings (SSSR count). The van der Waals surface area contributed by atoms with Crippen molar-refractivity contribution >= 4 is 45.7 Å². The fourth-order valence-corrected chi connectivity index (χ4v) is 4.84. The van der Waals surface area contributed by atoms with Crippen LogP contribution in [0.2, 0.25) is 5.28 Å². The van der Waals surface area contributed by atoms with Gasteiger partial charge in [-0.15, -0.1) is 11.3 Å². The van der Waals surface area contributed by atoms with Gasteiger partial charge in [0.1, 0.15) is 18.0 Å². The number of aryl methyl sites for hydroxylation is 1. The summed E-state index contributed by atoms with van der Waals surface area (Å²) in [6.07, 6.45) is 2.05. The first-order valence-electron chi connectivity index (χ1n) is 9.65. The van der Waals surface area contributed by atoms with Crippen LogP contribution in [-0.4, -0.2) is 35.3 Å². The highest BCUT2D eigenvalue weighted by Crippen LogP contribution is 2.35. The van der Waals surface area contributed by atoms with E-state index in [4.69, 9.17) is 16.0 Å². The van der Waals surface area contributed by atoms with Crippen molar-refractivity contribution in [1.82, 2.24) is 23.7 Å². The quantitative estimate of drug-likeness (QED) is 0.423. The van der Waals surface area contributed by atoms with E-state index in [-0.39, 0.29) is 34.9 Å². The van der Waals surface area contributed by atoms with Crippen molar-refractivity contribution in [3.8, 4) is 0 Å². The first kappa shape index (κ1) is 20.5. The van der Waals surface area contributed by atoms with Crippen molar-refractivity contribution in [1.29, 1.82) is 0 Å². The number of fused-ring (bicyclic) bond motifs is 1. The number of hydrogen-bond donors (Lipinski definition) is 0. The average Bonchev–Trinajstić information content (AvgIpc) is 3.57. The molecule has 1 amide bonds. The van der Waals surface area contributed by atoms with Gasteiger partial charge in [-0.3, -0.25) is 23.3 Å². The normalized spacial score (nSPS) is 16.2. The van der Waals surface area contributed by atoms with Crippen LogP contribution < -0.4 is 11.2 Å². The van der Waals surface area contributed by atoms with Crippen molar-refractivity contribution in [2.24, 2.45) is 19.2 Å². The number of halogens is 1. The smallest absolute Gasteiger partial charge is 0.332 e. The molecule has 0 saturated carbocycles. The van der Waals surface area contributed by atoms with Crippen LogP contribution in [0.25, 0.3) is 11.2 Å². The molecule has 0 aliphatic carbocycles. The van der Waals surface area contributed by atoms with Crippen molar-refractivity contribution < 1.29 is 9.21 Å². The number of carbonyl (C=O) groups excluding carboxylic acids is 1. The predicted octanol–water partition coefficient (Wildman–Crippen LogP) is 2.12. The van der Waals surface area contributed by atoms with Gasteiger partial charge < -0.3 is 4.42 Å². The molecule has 164 valence electrons. The van der Waals surface area contributed by atoms with Crippen LogP contribution in [0, 0.1) is 0 Å². The minimum Gasteiger partial charge on any atom is -0.463 e. The van der Waals surface area contributed by atoms with E-state index in [1.54, 1.807) is 18.4 Å². The zero-order chi connectivity index (χ0) is 22.6. The van der Waals surface area contributed by atoms with Gasteiger partial charge in [-0.25, -0.2) is 9.80 Å². The Labute approximate surface area is 189 Å². The van der Waals surface area contributed by atoms with Crippen LogP contribution in [-0.2, 0) is 25.4 Å². The third-order valence-corrected chi connectivity index (χ3v) is 6.70. The van der Waals surface area contributed by atoms with Crippen LogP contribution in [0.5, 0.6) is 0 Å². The van der Waals surface area contributed by atoms with Gasteiger partial charge in [0, 0.05) is 25.4 Å². The van der Waals surface area contributed by atoms with Crippen LogP contribution in [0.4, 0.5) is 0 Å². The van der Waals surface area contributed by atoms with Crippen molar-refractivity contribution in [2.75, 3.05) is 0 Å². The maximum absolute atomic E-state index is 13.4. The second-order valence-corrected chi connectivity index (χ2v) is 8.66. The number of hydrogen-bond acceptors (Lipinski definition) is 7. The summed E-state index contributed by atoms with van der Waals surface area (Å²) < 4.78 is 8.96. The first-order valence-corrected chi connectivity index (χ1v) is 10.9. The molecule has 4 aromatic rings. The average molecular weight is 473 g/mol. The van der Waals surface area contributed by atoms with Gasteiger partial charge in [0.2, 0.25) is 5.28 Å². The lowest BCUT2D eigenvalue weighted by Gasteiger charge is -2.21. The molecule has 1 aliphatic heterocycles. The molecule has 4 aromatic heterocycles. The maximum Gasteiger partial charge on any atom is 0.332 e. The fraction of sp³-hybridized carbons (Fsp3) is 0.250. The number of aromatic nitrogens is 4. The van der Waals surface area contributed by atoms with Gasteiger partial charge in [-0.05, 0) is 35.2 Å². The summed E-state index contributed by atoms with van der Waals surface area (Å²) in [5.74, 6) is 0.221. The highest BCUT2D eigenvalue weighted by Gasteiger charge is 2.35. The Morgan fingerprint density at radius 3 is 2.75 bits per heavy atom. The summed E-state index contributed by atoms with van der Waals surface area (Å²) in [6.45, 7) is -0.264. The summed E-state index contributed by atoms with van der Waals surface area (Å²) in [6, 6.07) is 7.12. The number of carbonyl (C=O) groups is 1. The zero-order valence-corrected chi connectivity index (χ0v) is 18.6. The molecular formula is C20H17ClN6O4S. The lowest BCUT2D eigenvalue weighted by atomic mass is 10.1. The Morgan fingerprint density at radius 2 is 2.06 bits per heavy atom. The van der Waals surface area contributed by atoms with E-state index in [9.17, 15) is 14.4 Å².